The normalized spacial score (nSPS) is 18.4. The van der Waals surface area contributed by atoms with Crippen LogP contribution in [0.2, 0.25) is 10.2 Å². The van der Waals surface area contributed by atoms with E-state index in [9.17, 15) is 4.79 Å². The van der Waals surface area contributed by atoms with Crippen LogP contribution in [0.3, 0.4) is 0 Å². The minimum atomic E-state index is 0.205. The summed E-state index contributed by atoms with van der Waals surface area (Å²) in [5, 5.41) is 7.44. The first kappa shape index (κ1) is 19.9. The molecule has 1 aromatic rings. The van der Waals surface area contributed by atoms with Gasteiger partial charge in [-0.2, -0.15) is 0 Å². The summed E-state index contributed by atoms with van der Waals surface area (Å²) in [6, 6.07) is 2.18. The van der Waals surface area contributed by atoms with E-state index >= 15 is 0 Å². The van der Waals surface area contributed by atoms with Gasteiger partial charge in [-0.25, -0.2) is 0 Å². The molecule has 8 heteroatoms. The SMILES string of the molecule is CN=C(NCCC(=O)N1CCCCC1C)NCc1cc(Cl)c(Cl)n1C. The summed E-state index contributed by atoms with van der Waals surface area (Å²) in [6.45, 7) is 4.10. The van der Waals surface area contributed by atoms with Crippen molar-refractivity contribution in [3.63, 3.8) is 0 Å². The Hall–Kier alpha value is -1.40. The second-order valence-corrected chi connectivity index (χ2v) is 7.13. The quantitative estimate of drug-likeness (QED) is 0.602. The van der Waals surface area contributed by atoms with Crippen molar-refractivity contribution in [3.8, 4) is 0 Å². The van der Waals surface area contributed by atoms with Crippen LogP contribution in [0.5, 0.6) is 0 Å². The maximum absolute atomic E-state index is 12.3. The van der Waals surface area contributed by atoms with Gasteiger partial charge in [-0.15, -0.1) is 0 Å². The molecular weight excluding hydrogens is 361 g/mol. The smallest absolute Gasteiger partial charge is 0.224 e. The summed E-state index contributed by atoms with van der Waals surface area (Å²) >= 11 is 12.1. The molecule has 2 N–H and O–H groups in total. The first-order valence-electron chi connectivity index (χ1n) is 8.67. The van der Waals surface area contributed by atoms with E-state index in [2.05, 4.69) is 22.5 Å². The van der Waals surface area contributed by atoms with Crippen molar-refractivity contribution in [1.29, 1.82) is 0 Å². The summed E-state index contributed by atoms with van der Waals surface area (Å²) in [5.41, 5.74) is 0.955. The number of carbonyl (C=O) groups is 1. The number of hydrogen-bond acceptors (Lipinski definition) is 2. The zero-order chi connectivity index (χ0) is 18.4. The number of guanidine groups is 1. The van der Waals surface area contributed by atoms with Crippen molar-refractivity contribution in [2.45, 2.75) is 45.2 Å². The average molecular weight is 388 g/mol. The van der Waals surface area contributed by atoms with E-state index < -0.39 is 0 Å². The van der Waals surface area contributed by atoms with Crippen molar-refractivity contribution in [1.82, 2.24) is 20.1 Å². The molecule has 1 amide bonds. The third-order valence-electron chi connectivity index (χ3n) is 4.63. The number of piperidine rings is 1. The molecule has 2 heterocycles. The molecular formula is C17H27Cl2N5O. The standard InChI is InChI=1S/C17H27Cl2N5O/c1-12-6-4-5-9-24(12)15(25)7-8-21-17(20-2)22-11-13-10-14(18)16(19)23(13)3/h10,12H,4-9,11H2,1-3H3,(H2,20,21,22). The van der Waals surface area contributed by atoms with Crippen LogP contribution in [0, 0.1) is 0 Å². The van der Waals surface area contributed by atoms with Gasteiger partial charge in [-0.3, -0.25) is 9.79 Å². The third-order valence-corrected chi connectivity index (χ3v) is 5.47. The predicted molar refractivity (Wildman–Crippen MR) is 103 cm³/mol. The molecule has 0 spiro atoms. The third kappa shape index (κ3) is 5.28. The summed E-state index contributed by atoms with van der Waals surface area (Å²) in [5.74, 6) is 0.851. The highest BCUT2D eigenvalue weighted by Crippen LogP contribution is 2.24. The topological polar surface area (TPSA) is 61.7 Å². The highest BCUT2D eigenvalue weighted by atomic mass is 35.5. The molecule has 1 saturated heterocycles. The molecule has 1 unspecified atom stereocenters. The summed E-state index contributed by atoms with van der Waals surface area (Å²) < 4.78 is 1.82. The van der Waals surface area contributed by atoms with Gasteiger partial charge in [-0.05, 0) is 32.3 Å². The van der Waals surface area contributed by atoms with Crippen LogP contribution in [-0.2, 0) is 18.4 Å². The molecule has 0 saturated carbocycles. The molecule has 140 valence electrons. The largest absolute Gasteiger partial charge is 0.356 e. The van der Waals surface area contributed by atoms with Crippen molar-refractivity contribution in [3.05, 3.63) is 21.9 Å². The van der Waals surface area contributed by atoms with Gasteiger partial charge in [0.15, 0.2) is 5.96 Å². The summed E-state index contributed by atoms with van der Waals surface area (Å²) in [4.78, 5) is 18.5. The van der Waals surface area contributed by atoms with Crippen molar-refractivity contribution in [2.75, 3.05) is 20.1 Å². The zero-order valence-corrected chi connectivity index (χ0v) is 16.6. The van der Waals surface area contributed by atoms with Crippen LogP contribution >= 0.6 is 23.2 Å². The first-order valence-corrected chi connectivity index (χ1v) is 9.43. The minimum Gasteiger partial charge on any atom is -0.356 e. The van der Waals surface area contributed by atoms with Gasteiger partial charge >= 0.3 is 0 Å². The Morgan fingerprint density at radius 1 is 1.36 bits per heavy atom. The Morgan fingerprint density at radius 2 is 2.12 bits per heavy atom. The maximum atomic E-state index is 12.3. The van der Waals surface area contributed by atoms with Crippen LogP contribution in [0.1, 0.15) is 38.3 Å². The second kappa shape index (κ2) is 9.34. The number of amides is 1. The number of nitrogens with one attached hydrogen (secondary N) is 2. The Labute approximate surface area is 159 Å². The number of halogens is 2. The molecule has 0 bridgehead atoms. The van der Waals surface area contributed by atoms with Crippen LogP contribution in [0.15, 0.2) is 11.1 Å². The van der Waals surface area contributed by atoms with E-state index in [0.717, 1.165) is 25.1 Å². The van der Waals surface area contributed by atoms with Gasteiger partial charge in [0.05, 0.1) is 11.6 Å². The molecule has 1 aliphatic heterocycles. The van der Waals surface area contributed by atoms with Gasteiger partial charge in [0.2, 0.25) is 5.91 Å². The molecule has 1 aliphatic rings. The van der Waals surface area contributed by atoms with E-state index in [1.165, 1.54) is 6.42 Å². The maximum Gasteiger partial charge on any atom is 0.224 e. The Kier molecular flexibility index (Phi) is 7.44. The van der Waals surface area contributed by atoms with Gasteiger partial charge in [-0.1, -0.05) is 23.2 Å². The summed E-state index contributed by atoms with van der Waals surface area (Å²) in [7, 11) is 3.56. The van der Waals surface area contributed by atoms with E-state index in [-0.39, 0.29) is 5.91 Å². The molecule has 1 aromatic heterocycles. The van der Waals surface area contributed by atoms with E-state index in [4.69, 9.17) is 23.2 Å². The van der Waals surface area contributed by atoms with E-state index in [1.807, 2.05) is 22.6 Å². The highest BCUT2D eigenvalue weighted by molar-refractivity contribution is 6.41. The fourth-order valence-electron chi connectivity index (χ4n) is 3.05. The molecule has 0 aromatic carbocycles. The van der Waals surface area contributed by atoms with Gasteiger partial charge in [0.25, 0.3) is 0 Å². The van der Waals surface area contributed by atoms with E-state index in [1.54, 1.807) is 7.05 Å². The molecule has 25 heavy (non-hydrogen) atoms. The van der Waals surface area contributed by atoms with Crippen molar-refractivity contribution in [2.24, 2.45) is 12.0 Å². The van der Waals surface area contributed by atoms with Gasteiger partial charge < -0.3 is 20.1 Å². The van der Waals surface area contributed by atoms with Crippen LogP contribution < -0.4 is 10.6 Å². The molecule has 1 fully saturated rings. The van der Waals surface area contributed by atoms with Crippen LogP contribution in [0.4, 0.5) is 0 Å². The Bertz CT molecular complexity index is 629. The van der Waals surface area contributed by atoms with E-state index in [0.29, 0.717) is 41.7 Å². The minimum absolute atomic E-state index is 0.205. The lowest BCUT2D eigenvalue weighted by Crippen LogP contribution is -2.44. The molecule has 0 aliphatic carbocycles. The number of likely N-dealkylation sites (tertiary alicyclic amines) is 1. The van der Waals surface area contributed by atoms with Gasteiger partial charge in [0, 0.05) is 45.3 Å². The first-order chi connectivity index (χ1) is 11.9. The highest BCUT2D eigenvalue weighted by Gasteiger charge is 2.22. The van der Waals surface area contributed by atoms with Crippen LogP contribution in [0.25, 0.3) is 0 Å². The average Bonchev–Trinajstić information content (AvgIpc) is 2.85. The fraction of sp³-hybridized carbons (Fsp3) is 0.647. The number of carbonyl (C=O) groups excluding carboxylic acids is 1. The number of rotatable bonds is 5. The summed E-state index contributed by atoms with van der Waals surface area (Å²) in [6.07, 6.45) is 3.89. The molecule has 2 rings (SSSR count). The fourth-order valence-corrected chi connectivity index (χ4v) is 3.47. The monoisotopic (exact) mass is 387 g/mol. The van der Waals surface area contributed by atoms with Crippen LogP contribution in [-0.4, -0.2) is 47.5 Å². The number of nitrogens with zero attached hydrogens (tertiary/aromatic N) is 3. The molecule has 6 nitrogen and oxygen atoms in total. The number of aromatic nitrogens is 1. The lowest BCUT2D eigenvalue weighted by Gasteiger charge is -2.33. The molecule has 0 radical (unpaired) electrons. The van der Waals surface area contributed by atoms with Gasteiger partial charge in [0.1, 0.15) is 5.15 Å². The number of aliphatic imine (C=N–C) groups is 1. The lowest BCUT2D eigenvalue weighted by molar-refractivity contribution is -0.134. The Balaban J connectivity index is 1.76. The zero-order valence-electron chi connectivity index (χ0n) is 15.1. The van der Waals surface area contributed by atoms with Crippen molar-refractivity contribution < 1.29 is 4.79 Å². The number of hydrogen-bond donors (Lipinski definition) is 2. The lowest BCUT2D eigenvalue weighted by atomic mass is 10.0. The van der Waals surface area contributed by atoms with Crippen molar-refractivity contribution >= 4 is 35.1 Å². The predicted octanol–water partition coefficient (Wildman–Crippen LogP) is 2.79. The molecule has 1 atom stereocenters. The Morgan fingerprint density at radius 3 is 2.72 bits per heavy atom. The second-order valence-electron chi connectivity index (χ2n) is 6.37.